The average molecular weight is 432 g/mol. The molecule has 0 bridgehead atoms. The number of thiophene rings is 1. The van der Waals surface area contributed by atoms with Gasteiger partial charge in [-0.15, -0.1) is 11.3 Å². The van der Waals surface area contributed by atoms with E-state index in [2.05, 4.69) is 5.32 Å². The average Bonchev–Trinajstić information content (AvgIpc) is 3.23. The molecule has 6 nitrogen and oxygen atoms in total. The summed E-state index contributed by atoms with van der Waals surface area (Å²) in [6.45, 7) is 0.890. The Morgan fingerprint density at radius 3 is 2.41 bits per heavy atom. The number of rotatable bonds is 7. The number of sulfonamides is 1. The van der Waals surface area contributed by atoms with Crippen molar-refractivity contribution in [1.29, 1.82) is 0 Å². The Morgan fingerprint density at radius 1 is 1.07 bits per heavy atom. The molecule has 1 amide bonds. The normalized spacial score (nSPS) is 11.1. The van der Waals surface area contributed by atoms with E-state index in [1.807, 2.05) is 0 Å². The molecule has 0 atom stereocenters. The van der Waals surface area contributed by atoms with Crippen LogP contribution < -0.4 is 9.62 Å². The predicted octanol–water partition coefficient (Wildman–Crippen LogP) is 3.92. The molecule has 0 aliphatic rings. The van der Waals surface area contributed by atoms with Crippen molar-refractivity contribution in [3.05, 3.63) is 77.4 Å². The van der Waals surface area contributed by atoms with E-state index >= 15 is 0 Å². The molecule has 1 heterocycles. The molecule has 0 saturated carbocycles. The Morgan fingerprint density at radius 2 is 1.79 bits per heavy atom. The van der Waals surface area contributed by atoms with Crippen molar-refractivity contribution in [2.75, 3.05) is 16.2 Å². The SMILES string of the molecule is CC(=O)c1cccc(NC(=O)CN(c2ccc(F)cc2)S(=O)(=O)c2cccs2)c1. The number of benzene rings is 2. The van der Waals surface area contributed by atoms with Gasteiger partial charge in [-0.2, -0.15) is 0 Å². The quantitative estimate of drug-likeness (QED) is 0.574. The van der Waals surface area contributed by atoms with Crippen molar-refractivity contribution in [2.45, 2.75) is 11.1 Å². The molecule has 0 aliphatic heterocycles. The predicted molar refractivity (Wildman–Crippen MR) is 110 cm³/mol. The maximum Gasteiger partial charge on any atom is 0.274 e. The van der Waals surface area contributed by atoms with Gasteiger partial charge < -0.3 is 5.32 Å². The van der Waals surface area contributed by atoms with E-state index in [0.29, 0.717) is 11.3 Å². The number of carbonyl (C=O) groups is 2. The maximum atomic E-state index is 13.3. The summed E-state index contributed by atoms with van der Waals surface area (Å²) in [5.41, 5.74) is 0.951. The first kappa shape index (κ1) is 20.7. The third kappa shape index (κ3) is 4.87. The minimum atomic E-state index is -4.02. The molecule has 0 fully saturated rings. The van der Waals surface area contributed by atoms with Gasteiger partial charge in [-0.25, -0.2) is 12.8 Å². The molecule has 1 aromatic heterocycles. The molecule has 0 unspecified atom stereocenters. The molecule has 3 rings (SSSR count). The number of hydrogen-bond acceptors (Lipinski definition) is 5. The fourth-order valence-electron chi connectivity index (χ4n) is 2.59. The van der Waals surface area contributed by atoms with Crippen LogP contribution in [0, 0.1) is 5.82 Å². The van der Waals surface area contributed by atoms with Gasteiger partial charge in [-0.3, -0.25) is 13.9 Å². The molecular formula is C20H17FN2O4S2. The zero-order valence-corrected chi connectivity index (χ0v) is 17.0. The van der Waals surface area contributed by atoms with E-state index in [0.717, 1.165) is 27.8 Å². The highest BCUT2D eigenvalue weighted by molar-refractivity contribution is 7.94. The topological polar surface area (TPSA) is 83.6 Å². The van der Waals surface area contributed by atoms with Crippen molar-refractivity contribution < 1.29 is 22.4 Å². The van der Waals surface area contributed by atoms with Gasteiger partial charge in [0.2, 0.25) is 5.91 Å². The number of hydrogen-bond donors (Lipinski definition) is 1. The van der Waals surface area contributed by atoms with Gasteiger partial charge in [0.25, 0.3) is 10.0 Å². The number of carbonyl (C=O) groups excluding carboxylic acids is 2. The van der Waals surface area contributed by atoms with Crippen LogP contribution in [0.15, 0.2) is 70.3 Å². The Hall–Kier alpha value is -3.04. The monoisotopic (exact) mass is 432 g/mol. The molecule has 9 heteroatoms. The highest BCUT2D eigenvalue weighted by Gasteiger charge is 2.28. The first-order valence-corrected chi connectivity index (χ1v) is 10.8. The van der Waals surface area contributed by atoms with Gasteiger partial charge >= 0.3 is 0 Å². The van der Waals surface area contributed by atoms with Gasteiger partial charge in [0.1, 0.15) is 16.6 Å². The zero-order valence-electron chi connectivity index (χ0n) is 15.3. The molecule has 3 aromatic rings. The van der Waals surface area contributed by atoms with Gasteiger partial charge in [0, 0.05) is 11.3 Å². The van der Waals surface area contributed by atoms with Crippen molar-refractivity contribution in [3.63, 3.8) is 0 Å². The molecule has 150 valence electrons. The largest absolute Gasteiger partial charge is 0.324 e. The maximum absolute atomic E-state index is 13.3. The van der Waals surface area contributed by atoms with Crippen LogP contribution >= 0.6 is 11.3 Å². The van der Waals surface area contributed by atoms with Crippen LogP contribution in [-0.2, 0) is 14.8 Å². The van der Waals surface area contributed by atoms with Crippen LogP contribution in [0.4, 0.5) is 15.8 Å². The van der Waals surface area contributed by atoms with E-state index in [1.54, 1.807) is 29.6 Å². The van der Waals surface area contributed by atoms with Gasteiger partial charge in [0.15, 0.2) is 5.78 Å². The summed E-state index contributed by atoms with van der Waals surface area (Å²) >= 11 is 1.02. The molecule has 1 N–H and O–H groups in total. The highest BCUT2D eigenvalue weighted by Crippen LogP contribution is 2.26. The standard InChI is InChI=1S/C20H17FN2O4S2/c1-14(24)15-4-2-5-17(12-15)22-19(25)13-23(18-9-7-16(21)8-10-18)29(26,27)20-6-3-11-28-20/h2-12H,13H2,1H3,(H,22,25). The van der Waals surface area contributed by atoms with E-state index in [9.17, 15) is 22.4 Å². The van der Waals surface area contributed by atoms with Crippen LogP contribution in [0.25, 0.3) is 0 Å². The van der Waals surface area contributed by atoms with Crippen LogP contribution in [0.1, 0.15) is 17.3 Å². The molecular weight excluding hydrogens is 415 g/mol. The third-order valence-corrected chi connectivity index (χ3v) is 7.14. The van der Waals surface area contributed by atoms with Crippen LogP contribution in [-0.4, -0.2) is 26.7 Å². The van der Waals surface area contributed by atoms with Crippen LogP contribution in [0.2, 0.25) is 0 Å². The number of amides is 1. The zero-order chi connectivity index (χ0) is 21.0. The van der Waals surface area contributed by atoms with Gasteiger partial charge in [-0.1, -0.05) is 18.2 Å². The lowest BCUT2D eigenvalue weighted by Gasteiger charge is -2.23. The van der Waals surface area contributed by atoms with E-state index in [4.69, 9.17) is 0 Å². The van der Waals surface area contributed by atoms with Crippen molar-refractivity contribution in [1.82, 2.24) is 0 Å². The minimum Gasteiger partial charge on any atom is -0.324 e. The summed E-state index contributed by atoms with van der Waals surface area (Å²) < 4.78 is 40.3. The number of halogens is 1. The smallest absolute Gasteiger partial charge is 0.274 e. The molecule has 0 saturated heterocycles. The fourth-order valence-corrected chi connectivity index (χ4v) is 5.11. The molecule has 0 spiro atoms. The fraction of sp³-hybridized carbons (Fsp3) is 0.100. The lowest BCUT2D eigenvalue weighted by molar-refractivity contribution is -0.114. The molecule has 0 aliphatic carbocycles. The highest BCUT2D eigenvalue weighted by atomic mass is 32.2. The summed E-state index contributed by atoms with van der Waals surface area (Å²) in [6.07, 6.45) is 0. The number of ketones is 1. The van der Waals surface area contributed by atoms with Crippen molar-refractivity contribution in [3.8, 4) is 0 Å². The summed E-state index contributed by atoms with van der Waals surface area (Å²) in [4.78, 5) is 24.1. The number of Topliss-reactive ketones (excluding diaryl/α,β-unsaturated/α-hetero) is 1. The summed E-state index contributed by atoms with van der Waals surface area (Å²) in [5.74, 6) is -1.28. The molecule has 29 heavy (non-hydrogen) atoms. The Labute approximate surface area is 171 Å². The Kier molecular flexibility index (Phi) is 6.09. The van der Waals surface area contributed by atoms with E-state index < -0.39 is 28.3 Å². The van der Waals surface area contributed by atoms with Crippen molar-refractivity contribution in [2.24, 2.45) is 0 Å². The summed E-state index contributed by atoms with van der Waals surface area (Å²) in [5, 5.41) is 4.21. The lowest BCUT2D eigenvalue weighted by atomic mass is 10.1. The van der Waals surface area contributed by atoms with Crippen molar-refractivity contribution >= 4 is 44.4 Å². The second kappa shape index (κ2) is 8.54. The van der Waals surface area contributed by atoms with Crippen LogP contribution in [0.5, 0.6) is 0 Å². The number of anilines is 2. The first-order chi connectivity index (χ1) is 13.8. The van der Waals surface area contributed by atoms with E-state index in [1.165, 1.54) is 31.2 Å². The van der Waals surface area contributed by atoms with Crippen LogP contribution in [0.3, 0.4) is 0 Å². The number of nitrogens with one attached hydrogen (secondary N) is 1. The van der Waals surface area contributed by atoms with E-state index in [-0.39, 0.29) is 15.7 Å². The lowest BCUT2D eigenvalue weighted by Crippen LogP contribution is -2.37. The third-order valence-electron chi connectivity index (χ3n) is 3.99. The summed E-state index contributed by atoms with van der Waals surface area (Å²) in [6, 6.07) is 14.2. The van der Waals surface area contributed by atoms with Gasteiger partial charge in [-0.05, 0) is 54.8 Å². The van der Waals surface area contributed by atoms with Gasteiger partial charge in [0.05, 0.1) is 5.69 Å². The second-order valence-electron chi connectivity index (χ2n) is 6.11. The Bertz CT molecular complexity index is 1130. The minimum absolute atomic E-state index is 0.0632. The molecule has 2 aromatic carbocycles. The Balaban J connectivity index is 1.89. The summed E-state index contributed by atoms with van der Waals surface area (Å²) in [7, 11) is -4.02. The number of nitrogens with zero attached hydrogens (tertiary/aromatic N) is 1. The first-order valence-electron chi connectivity index (χ1n) is 8.50. The second-order valence-corrected chi connectivity index (χ2v) is 9.14. The molecule has 0 radical (unpaired) electrons.